The fourth-order valence-electron chi connectivity index (χ4n) is 2.90. The summed E-state index contributed by atoms with van der Waals surface area (Å²) in [6, 6.07) is 14.9. The van der Waals surface area contributed by atoms with Crippen molar-refractivity contribution < 1.29 is 27.7 Å². The summed E-state index contributed by atoms with van der Waals surface area (Å²) < 4.78 is 39.8. The van der Waals surface area contributed by atoms with Gasteiger partial charge < -0.3 is 15.5 Å². The monoisotopic (exact) mass is 402 g/mol. The lowest BCUT2D eigenvalue weighted by molar-refractivity contribution is -0.862. The van der Waals surface area contributed by atoms with Gasteiger partial charge in [-0.25, -0.2) is 13.2 Å². The van der Waals surface area contributed by atoms with E-state index in [9.17, 15) is 22.8 Å². The quantitative estimate of drug-likeness (QED) is 0.555. The van der Waals surface area contributed by atoms with E-state index in [0.29, 0.717) is 10.6 Å². The van der Waals surface area contributed by atoms with Gasteiger partial charge in [-0.3, -0.25) is 9.59 Å². The number of likely N-dealkylation sites (N-methyl/N-ethyl adjacent to an activating group) is 1. The Bertz CT molecular complexity index is 1070. The average Bonchev–Trinajstić information content (AvgIpc) is 2.68. The fourth-order valence-corrected chi connectivity index (χ4v) is 2.90. The van der Waals surface area contributed by atoms with Gasteiger partial charge in [0.05, 0.1) is 12.7 Å². The number of hydrogen-bond donors (Lipinski definition) is 3. The van der Waals surface area contributed by atoms with E-state index in [-0.39, 0.29) is 19.0 Å². The summed E-state index contributed by atoms with van der Waals surface area (Å²) in [4.78, 5) is 24.8. The Labute approximate surface area is 165 Å². The van der Waals surface area contributed by atoms with Crippen LogP contribution < -0.4 is 15.5 Å². The summed E-state index contributed by atoms with van der Waals surface area (Å²) in [5.74, 6) is -5.40. The second kappa shape index (κ2) is 8.74. The lowest BCUT2D eigenvalue weighted by atomic mass is 10.1. The largest absolute Gasteiger partial charge is 0.322 e. The van der Waals surface area contributed by atoms with Crippen molar-refractivity contribution in [1.82, 2.24) is 0 Å². The maximum absolute atomic E-state index is 13.6. The third-order valence-corrected chi connectivity index (χ3v) is 4.27. The van der Waals surface area contributed by atoms with Crippen LogP contribution in [0.3, 0.4) is 0 Å². The van der Waals surface area contributed by atoms with Crippen LogP contribution in [-0.4, -0.2) is 32.0 Å². The molecule has 0 aliphatic carbocycles. The Kier molecular flexibility index (Phi) is 6.13. The number of hydrogen-bond acceptors (Lipinski definition) is 2. The second-order valence-electron chi connectivity index (χ2n) is 6.69. The van der Waals surface area contributed by atoms with Gasteiger partial charge in [0.25, 0.3) is 11.8 Å². The predicted molar refractivity (Wildman–Crippen MR) is 104 cm³/mol. The number of halogens is 3. The molecule has 0 radical (unpaired) electrons. The molecule has 0 aliphatic rings. The molecular formula is C21H19F3N3O2+. The molecule has 0 aromatic heterocycles. The third-order valence-electron chi connectivity index (χ3n) is 4.27. The van der Waals surface area contributed by atoms with Crippen molar-refractivity contribution in [3.8, 4) is 0 Å². The van der Waals surface area contributed by atoms with E-state index < -0.39 is 29.0 Å². The fraction of sp³-hybridized carbons (Fsp3) is 0.143. The topological polar surface area (TPSA) is 62.6 Å². The third kappa shape index (κ3) is 5.11. The SMILES string of the molecule is C[NH+](CC(=O)Nc1ccc2ccccc2c1)CC(=O)Nc1ccc(F)c(F)c1F. The zero-order valence-electron chi connectivity index (χ0n) is 15.6. The molecule has 3 N–H and O–H groups in total. The summed E-state index contributed by atoms with van der Waals surface area (Å²) in [5, 5.41) is 6.98. The first-order valence-electron chi connectivity index (χ1n) is 8.87. The van der Waals surface area contributed by atoms with E-state index in [4.69, 9.17) is 0 Å². The Hall–Kier alpha value is -3.39. The normalized spacial score (nSPS) is 11.9. The van der Waals surface area contributed by atoms with Crippen molar-refractivity contribution in [1.29, 1.82) is 0 Å². The smallest absolute Gasteiger partial charge is 0.279 e. The molecular weight excluding hydrogens is 383 g/mol. The van der Waals surface area contributed by atoms with Crippen LogP contribution in [0.25, 0.3) is 10.8 Å². The molecule has 0 saturated heterocycles. The molecule has 0 bridgehead atoms. The van der Waals surface area contributed by atoms with Gasteiger partial charge in [0.15, 0.2) is 30.5 Å². The Morgan fingerprint density at radius 2 is 1.48 bits per heavy atom. The van der Waals surface area contributed by atoms with Gasteiger partial charge in [-0.15, -0.1) is 0 Å². The van der Waals surface area contributed by atoms with Crippen LogP contribution in [0.1, 0.15) is 0 Å². The van der Waals surface area contributed by atoms with Crippen molar-refractivity contribution in [2.75, 3.05) is 30.8 Å². The first-order valence-corrected chi connectivity index (χ1v) is 8.87. The Morgan fingerprint density at radius 1 is 0.828 bits per heavy atom. The average molecular weight is 402 g/mol. The van der Waals surface area contributed by atoms with Gasteiger partial charge in [-0.2, -0.15) is 0 Å². The van der Waals surface area contributed by atoms with Crippen molar-refractivity contribution in [2.24, 2.45) is 0 Å². The zero-order chi connectivity index (χ0) is 21.0. The van der Waals surface area contributed by atoms with E-state index in [0.717, 1.165) is 22.9 Å². The van der Waals surface area contributed by atoms with Gasteiger partial charge >= 0.3 is 0 Å². The Balaban J connectivity index is 1.54. The van der Waals surface area contributed by atoms with Crippen molar-refractivity contribution in [3.05, 3.63) is 72.0 Å². The van der Waals surface area contributed by atoms with Crippen molar-refractivity contribution in [3.63, 3.8) is 0 Å². The maximum atomic E-state index is 13.6. The van der Waals surface area contributed by atoms with E-state index in [1.165, 1.54) is 0 Å². The van der Waals surface area contributed by atoms with Gasteiger partial charge in [0.2, 0.25) is 0 Å². The number of quaternary nitrogens is 1. The summed E-state index contributed by atoms with van der Waals surface area (Å²) in [5.41, 5.74) is 0.178. The molecule has 150 valence electrons. The molecule has 29 heavy (non-hydrogen) atoms. The number of carbonyl (C=O) groups is 2. The lowest BCUT2D eigenvalue weighted by Crippen LogP contribution is -3.11. The van der Waals surface area contributed by atoms with Crippen LogP contribution in [-0.2, 0) is 9.59 Å². The number of benzene rings is 3. The van der Waals surface area contributed by atoms with Gasteiger partial charge in [0, 0.05) is 5.69 Å². The molecule has 1 unspecified atom stereocenters. The number of fused-ring (bicyclic) bond motifs is 1. The van der Waals surface area contributed by atoms with Crippen LogP contribution in [0.4, 0.5) is 24.5 Å². The van der Waals surface area contributed by atoms with Crippen LogP contribution in [0.5, 0.6) is 0 Å². The standard InChI is InChI=1S/C21H18F3N3O2/c1-27(12-19(29)26-17-9-8-16(22)20(23)21(17)24)11-18(28)25-15-7-6-13-4-2-3-5-14(13)10-15/h2-10H,11-12H2,1H3,(H,25,28)(H,26,29)/p+1. The highest BCUT2D eigenvalue weighted by atomic mass is 19.2. The molecule has 5 nitrogen and oxygen atoms in total. The van der Waals surface area contributed by atoms with E-state index >= 15 is 0 Å². The van der Waals surface area contributed by atoms with Crippen LogP contribution in [0, 0.1) is 17.5 Å². The number of nitrogens with one attached hydrogen (secondary N) is 3. The van der Waals surface area contributed by atoms with E-state index in [1.54, 1.807) is 13.1 Å². The summed E-state index contributed by atoms with van der Waals surface area (Å²) in [6.07, 6.45) is 0. The Morgan fingerprint density at radius 3 is 2.21 bits per heavy atom. The summed E-state index contributed by atoms with van der Waals surface area (Å²) in [6.45, 7) is -0.177. The number of carbonyl (C=O) groups excluding carboxylic acids is 2. The summed E-state index contributed by atoms with van der Waals surface area (Å²) >= 11 is 0. The molecule has 0 spiro atoms. The molecule has 0 saturated carbocycles. The molecule has 3 aromatic carbocycles. The maximum Gasteiger partial charge on any atom is 0.279 e. The van der Waals surface area contributed by atoms with Crippen molar-refractivity contribution >= 4 is 34.0 Å². The number of rotatable bonds is 6. The minimum atomic E-state index is -1.65. The number of amides is 2. The highest BCUT2D eigenvalue weighted by Crippen LogP contribution is 2.20. The van der Waals surface area contributed by atoms with Gasteiger partial charge in [-0.1, -0.05) is 30.3 Å². The molecule has 1 atom stereocenters. The van der Waals surface area contributed by atoms with Crippen LogP contribution in [0.2, 0.25) is 0 Å². The zero-order valence-corrected chi connectivity index (χ0v) is 15.6. The van der Waals surface area contributed by atoms with Crippen LogP contribution >= 0.6 is 0 Å². The highest BCUT2D eigenvalue weighted by Gasteiger charge is 2.18. The van der Waals surface area contributed by atoms with Gasteiger partial charge in [0.1, 0.15) is 0 Å². The molecule has 0 fully saturated rings. The lowest BCUT2D eigenvalue weighted by Gasteiger charge is -2.14. The summed E-state index contributed by atoms with van der Waals surface area (Å²) in [7, 11) is 1.61. The van der Waals surface area contributed by atoms with Crippen molar-refractivity contribution in [2.45, 2.75) is 0 Å². The molecule has 8 heteroatoms. The first kappa shape index (κ1) is 20.3. The minimum absolute atomic E-state index is 0.0134. The second-order valence-corrected chi connectivity index (χ2v) is 6.69. The highest BCUT2D eigenvalue weighted by molar-refractivity contribution is 5.95. The molecule has 3 aromatic rings. The van der Waals surface area contributed by atoms with Gasteiger partial charge in [-0.05, 0) is 35.0 Å². The molecule has 3 rings (SSSR count). The first-order chi connectivity index (χ1) is 13.8. The minimum Gasteiger partial charge on any atom is -0.322 e. The predicted octanol–water partition coefficient (Wildman–Crippen LogP) is 2.35. The molecule has 2 amide bonds. The molecule has 0 aliphatic heterocycles. The van der Waals surface area contributed by atoms with E-state index in [1.807, 2.05) is 36.4 Å². The van der Waals surface area contributed by atoms with Crippen LogP contribution in [0.15, 0.2) is 54.6 Å². The van der Waals surface area contributed by atoms with E-state index in [2.05, 4.69) is 10.6 Å². The molecule has 0 heterocycles. The number of anilines is 2.